The number of nitrogens with zero attached hydrogens (tertiary/aromatic N) is 3. The number of hydrogen-bond donors (Lipinski definition) is 2. The predicted octanol–water partition coefficient (Wildman–Crippen LogP) is 4.35. The van der Waals surface area contributed by atoms with Crippen LogP contribution in [0.3, 0.4) is 0 Å². The Bertz CT molecular complexity index is 1060. The van der Waals surface area contributed by atoms with Crippen molar-refractivity contribution in [1.82, 2.24) is 19.9 Å². The maximum atomic E-state index is 13.2. The second kappa shape index (κ2) is 7.09. The maximum absolute atomic E-state index is 13.2. The van der Waals surface area contributed by atoms with Crippen molar-refractivity contribution in [3.05, 3.63) is 82.8 Å². The topological polar surface area (TPSA) is 66.5 Å². The molecule has 0 unspecified atom stereocenters. The molecule has 0 aliphatic carbocycles. The van der Waals surface area contributed by atoms with Gasteiger partial charge in [-0.2, -0.15) is 0 Å². The summed E-state index contributed by atoms with van der Waals surface area (Å²) >= 11 is 6.36. The molecule has 4 heterocycles. The minimum atomic E-state index is -0.362. The summed E-state index contributed by atoms with van der Waals surface area (Å²) in [7, 11) is 0. The molecule has 0 saturated heterocycles. The molecule has 0 spiro atoms. The molecule has 4 rings (SSSR count). The first kappa shape index (κ1) is 16.5. The van der Waals surface area contributed by atoms with Gasteiger partial charge in [0.15, 0.2) is 0 Å². The Morgan fingerprint density at radius 2 is 2.08 bits per heavy atom. The van der Waals surface area contributed by atoms with E-state index in [2.05, 4.69) is 25.3 Å². The Balaban J connectivity index is 1.49. The van der Waals surface area contributed by atoms with Crippen LogP contribution < -0.4 is 5.32 Å². The van der Waals surface area contributed by atoms with Crippen LogP contribution in [0.2, 0.25) is 5.15 Å². The highest BCUT2D eigenvalue weighted by molar-refractivity contribution is 6.30. The van der Waals surface area contributed by atoms with Crippen LogP contribution in [0.25, 0.3) is 11.0 Å². The lowest BCUT2D eigenvalue weighted by atomic mass is 10.1. The van der Waals surface area contributed by atoms with Crippen LogP contribution in [0.4, 0.5) is 10.2 Å². The smallest absolute Gasteiger partial charge is 0.141 e. The third-order valence-electron chi connectivity index (χ3n) is 4.08. The highest BCUT2D eigenvalue weighted by Gasteiger charge is 2.09. The van der Waals surface area contributed by atoms with Crippen molar-refractivity contribution in [2.45, 2.75) is 13.0 Å². The monoisotopic (exact) mass is 367 g/mol. The first-order chi connectivity index (χ1) is 12.7. The van der Waals surface area contributed by atoms with Gasteiger partial charge in [-0.15, -0.1) is 0 Å². The summed E-state index contributed by atoms with van der Waals surface area (Å²) in [5.74, 6) is 0.266. The van der Waals surface area contributed by atoms with E-state index in [0.717, 1.165) is 27.7 Å². The molecule has 0 aliphatic heterocycles. The van der Waals surface area contributed by atoms with Gasteiger partial charge in [0.1, 0.15) is 22.4 Å². The van der Waals surface area contributed by atoms with Gasteiger partial charge in [0.2, 0.25) is 0 Å². The molecule has 4 aromatic rings. The molecule has 0 fully saturated rings. The lowest BCUT2D eigenvalue weighted by Crippen LogP contribution is -2.03. The molecule has 0 aromatic carbocycles. The quantitative estimate of drug-likeness (QED) is 0.515. The van der Waals surface area contributed by atoms with Crippen molar-refractivity contribution in [3.63, 3.8) is 0 Å². The fraction of sp³-hybridized carbons (Fsp3) is 0.105. The van der Waals surface area contributed by atoms with Gasteiger partial charge in [-0.3, -0.25) is 4.98 Å². The normalized spacial score (nSPS) is 11.0. The molecular formula is C19H15ClFN5. The highest BCUT2D eigenvalue weighted by atomic mass is 35.5. The summed E-state index contributed by atoms with van der Waals surface area (Å²) in [5.41, 5.74) is 3.63. The summed E-state index contributed by atoms with van der Waals surface area (Å²) in [6.45, 7) is 0.418. The number of pyridine rings is 3. The van der Waals surface area contributed by atoms with Crippen LogP contribution in [0.5, 0.6) is 0 Å². The average Bonchev–Trinajstić information content (AvgIpc) is 3.05. The van der Waals surface area contributed by atoms with Gasteiger partial charge in [0, 0.05) is 36.9 Å². The minimum absolute atomic E-state index is 0.362. The maximum Gasteiger partial charge on any atom is 0.141 e. The summed E-state index contributed by atoms with van der Waals surface area (Å²) in [6.07, 6.45) is 7.14. The van der Waals surface area contributed by atoms with Crippen molar-refractivity contribution in [2.75, 3.05) is 5.32 Å². The molecule has 0 saturated carbocycles. The Hall–Kier alpha value is -2.99. The second-order valence-corrected chi connectivity index (χ2v) is 6.26. The Morgan fingerprint density at radius 3 is 2.92 bits per heavy atom. The molecule has 0 bridgehead atoms. The van der Waals surface area contributed by atoms with Crippen molar-refractivity contribution in [3.8, 4) is 0 Å². The molecule has 0 atom stereocenters. The fourth-order valence-corrected chi connectivity index (χ4v) is 3.02. The summed E-state index contributed by atoms with van der Waals surface area (Å²) in [5, 5.41) is 4.64. The lowest BCUT2D eigenvalue weighted by molar-refractivity contribution is 0.619. The zero-order valence-corrected chi connectivity index (χ0v) is 14.5. The van der Waals surface area contributed by atoms with Gasteiger partial charge >= 0.3 is 0 Å². The lowest BCUT2D eigenvalue weighted by Gasteiger charge is -2.08. The molecule has 0 aliphatic rings. The summed E-state index contributed by atoms with van der Waals surface area (Å²) < 4.78 is 13.2. The molecule has 26 heavy (non-hydrogen) atoms. The van der Waals surface area contributed by atoms with E-state index in [1.54, 1.807) is 12.4 Å². The third kappa shape index (κ3) is 3.50. The van der Waals surface area contributed by atoms with E-state index < -0.39 is 0 Å². The van der Waals surface area contributed by atoms with Crippen molar-refractivity contribution < 1.29 is 4.39 Å². The van der Waals surface area contributed by atoms with Crippen LogP contribution in [0.15, 0.2) is 55.1 Å². The molecule has 4 aromatic heterocycles. The summed E-state index contributed by atoms with van der Waals surface area (Å²) in [4.78, 5) is 15.7. The Labute approximate surface area is 154 Å². The van der Waals surface area contributed by atoms with E-state index in [4.69, 9.17) is 11.6 Å². The Kier molecular flexibility index (Phi) is 4.50. The number of nitrogens with one attached hydrogen (secondary N) is 2. The van der Waals surface area contributed by atoms with Crippen molar-refractivity contribution >= 4 is 28.5 Å². The third-order valence-corrected chi connectivity index (χ3v) is 4.41. The number of halogens is 2. The van der Waals surface area contributed by atoms with Crippen LogP contribution in [-0.4, -0.2) is 19.9 Å². The number of hydrogen-bond acceptors (Lipinski definition) is 4. The van der Waals surface area contributed by atoms with Crippen LogP contribution in [-0.2, 0) is 13.0 Å². The van der Waals surface area contributed by atoms with Gasteiger partial charge in [-0.25, -0.2) is 14.4 Å². The molecule has 0 radical (unpaired) electrons. The summed E-state index contributed by atoms with van der Waals surface area (Å²) in [6, 6.07) is 9.17. The predicted molar refractivity (Wildman–Crippen MR) is 99.7 cm³/mol. The van der Waals surface area contributed by atoms with Gasteiger partial charge < -0.3 is 10.3 Å². The number of aromatic nitrogens is 4. The zero-order chi connectivity index (χ0) is 17.9. The molecule has 5 nitrogen and oxygen atoms in total. The standard InChI is InChI=1S/C19H15ClFN5/c20-18-13(7-14-10-25-19-16(14)2-1-5-23-19)3-4-17(26-18)24-9-12-6-15(21)11-22-8-12/h1-6,8,10-11H,7,9H2,(H,23,25)(H,24,26). The molecule has 7 heteroatoms. The largest absolute Gasteiger partial charge is 0.366 e. The molecule has 0 amide bonds. The SMILES string of the molecule is Fc1cncc(CNc2ccc(Cc3c[nH]c4ncccc34)c(Cl)n2)c1. The highest BCUT2D eigenvalue weighted by Crippen LogP contribution is 2.24. The van der Waals surface area contributed by atoms with Gasteiger partial charge in [-0.1, -0.05) is 17.7 Å². The first-order valence-electron chi connectivity index (χ1n) is 8.09. The van der Waals surface area contributed by atoms with E-state index >= 15 is 0 Å². The second-order valence-electron chi connectivity index (χ2n) is 5.90. The van der Waals surface area contributed by atoms with Gasteiger partial charge in [-0.05, 0) is 41.0 Å². The van der Waals surface area contributed by atoms with Gasteiger partial charge in [0.05, 0.1) is 6.20 Å². The first-order valence-corrected chi connectivity index (χ1v) is 8.46. The zero-order valence-electron chi connectivity index (χ0n) is 13.7. The molecule has 2 N–H and O–H groups in total. The van der Waals surface area contributed by atoms with Crippen molar-refractivity contribution in [2.24, 2.45) is 0 Å². The minimum Gasteiger partial charge on any atom is -0.366 e. The number of rotatable bonds is 5. The number of anilines is 1. The number of aromatic amines is 1. The van der Waals surface area contributed by atoms with Crippen LogP contribution in [0.1, 0.15) is 16.7 Å². The number of fused-ring (bicyclic) bond motifs is 1. The molecular weight excluding hydrogens is 353 g/mol. The fourth-order valence-electron chi connectivity index (χ4n) is 2.80. The molecule has 130 valence electrons. The van der Waals surface area contributed by atoms with E-state index in [1.165, 1.54) is 12.3 Å². The van der Waals surface area contributed by atoms with Gasteiger partial charge in [0.25, 0.3) is 0 Å². The number of H-pyrrole nitrogens is 1. The van der Waals surface area contributed by atoms with Crippen LogP contribution >= 0.6 is 11.6 Å². The van der Waals surface area contributed by atoms with E-state index in [-0.39, 0.29) is 5.82 Å². The Morgan fingerprint density at radius 1 is 1.15 bits per heavy atom. The van der Waals surface area contributed by atoms with Crippen LogP contribution in [0, 0.1) is 5.82 Å². The van der Waals surface area contributed by atoms with E-state index in [9.17, 15) is 4.39 Å². The van der Waals surface area contributed by atoms with Crippen molar-refractivity contribution in [1.29, 1.82) is 0 Å². The van der Waals surface area contributed by atoms with E-state index in [0.29, 0.717) is 23.9 Å². The van der Waals surface area contributed by atoms with E-state index in [1.807, 2.05) is 30.5 Å². The average molecular weight is 368 g/mol.